The molecule has 0 radical (unpaired) electrons. The van der Waals surface area contributed by atoms with Crippen molar-refractivity contribution < 1.29 is 19.1 Å². The summed E-state index contributed by atoms with van der Waals surface area (Å²) in [6, 6.07) is 1.55. The summed E-state index contributed by atoms with van der Waals surface area (Å²) in [7, 11) is 0. The fourth-order valence-corrected chi connectivity index (χ4v) is 3.21. The molecule has 1 saturated heterocycles. The number of carboxylic acid groups (broad SMARTS) is 1. The fourth-order valence-electron chi connectivity index (χ4n) is 2.02. The Morgan fingerprint density at radius 2 is 2.11 bits per heavy atom. The van der Waals surface area contributed by atoms with Gasteiger partial charge in [-0.15, -0.1) is 0 Å². The largest absolute Gasteiger partial charge is 0.480 e. The van der Waals surface area contributed by atoms with E-state index in [2.05, 4.69) is 5.32 Å². The van der Waals surface area contributed by atoms with Crippen LogP contribution in [-0.4, -0.2) is 34.0 Å². The molecule has 0 saturated carbocycles. The number of amides is 1. The van der Waals surface area contributed by atoms with E-state index in [-0.39, 0.29) is 5.91 Å². The number of aryl methyl sites for hydroxylation is 1. The quantitative estimate of drug-likeness (QED) is 0.872. The molecule has 6 heteroatoms. The summed E-state index contributed by atoms with van der Waals surface area (Å²) in [4.78, 5) is 23.5. The second kappa shape index (κ2) is 5.06. The van der Waals surface area contributed by atoms with Crippen LogP contribution < -0.4 is 5.32 Å². The first-order valence-corrected chi connectivity index (χ1v) is 6.88. The van der Waals surface area contributed by atoms with Crippen LogP contribution in [0.4, 0.5) is 0 Å². The normalized spacial score (nSPS) is 18.3. The summed E-state index contributed by atoms with van der Waals surface area (Å²) in [5, 5.41) is 12.0. The van der Waals surface area contributed by atoms with E-state index in [4.69, 9.17) is 4.42 Å². The molecular weight excluding hydrogens is 254 g/mol. The minimum Gasteiger partial charge on any atom is -0.480 e. The Bertz CT molecular complexity index is 462. The topological polar surface area (TPSA) is 79.5 Å². The van der Waals surface area contributed by atoms with Gasteiger partial charge in [0.2, 0.25) is 0 Å². The molecule has 0 spiro atoms. The Morgan fingerprint density at radius 1 is 1.44 bits per heavy atom. The molecule has 1 aromatic rings. The smallest absolute Gasteiger partial charge is 0.329 e. The van der Waals surface area contributed by atoms with Gasteiger partial charge in [-0.3, -0.25) is 4.79 Å². The summed E-state index contributed by atoms with van der Waals surface area (Å²) >= 11 is 1.71. The predicted octanol–water partition coefficient (Wildman–Crippen LogP) is 1.67. The average molecular weight is 269 g/mol. The van der Waals surface area contributed by atoms with Gasteiger partial charge in [0, 0.05) is 0 Å². The van der Waals surface area contributed by atoms with Crippen LogP contribution in [-0.2, 0) is 4.79 Å². The molecule has 1 aliphatic heterocycles. The molecule has 2 heterocycles. The number of hydrogen-bond donors (Lipinski definition) is 2. The summed E-state index contributed by atoms with van der Waals surface area (Å²) in [6.07, 6.45) is 2.33. The van der Waals surface area contributed by atoms with Crippen LogP contribution in [0.25, 0.3) is 0 Å². The van der Waals surface area contributed by atoms with Crippen molar-refractivity contribution in [2.45, 2.75) is 25.3 Å². The highest BCUT2D eigenvalue weighted by Gasteiger charge is 2.41. The monoisotopic (exact) mass is 269 g/mol. The van der Waals surface area contributed by atoms with Crippen molar-refractivity contribution in [3.63, 3.8) is 0 Å². The molecule has 0 atom stereocenters. The highest BCUT2D eigenvalue weighted by atomic mass is 32.2. The first-order valence-electron chi connectivity index (χ1n) is 5.73. The number of hydrogen-bond acceptors (Lipinski definition) is 4. The van der Waals surface area contributed by atoms with Gasteiger partial charge >= 0.3 is 5.97 Å². The minimum atomic E-state index is -1.13. The lowest BCUT2D eigenvalue weighted by atomic mass is 9.92. The molecule has 0 aromatic carbocycles. The van der Waals surface area contributed by atoms with Crippen molar-refractivity contribution in [3.05, 3.63) is 23.7 Å². The Hall–Kier alpha value is -1.43. The second-order valence-electron chi connectivity index (χ2n) is 4.34. The first-order chi connectivity index (χ1) is 8.55. The van der Waals surface area contributed by atoms with Crippen molar-refractivity contribution in [1.82, 2.24) is 5.32 Å². The van der Waals surface area contributed by atoms with Gasteiger partial charge in [-0.25, -0.2) is 4.79 Å². The summed E-state index contributed by atoms with van der Waals surface area (Å²) in [5.41, 5.74) is -0.736. The van der Waals surface area contributed by atoms with Crippen LogP contribution in [0.15, 0.2) is 16.7 Å². The van der Waals surface area contributed by atoms with Crippen molar-refractivity contribution in [1.29, 1.82) is 0 Å². The molecule has 0 unspecified atom stereocenters. The SMILES string of the molecule is Cc1occc1C(=O)NC1(C(=O)O)CCSCC1. The molecule has 1 aromatic heterocycles. The van der Waals surface area contributed by atoms with E-state index in [1.807, 2.05) is 0 Å². The number of nitrogens with one attached hydrogen (secondary N) is 1. The zero-order chi connectivity index (χ0) is 13.2. The summed E-state index contributed by atoms with van der Waals surface area (Å²) in [6.45, 7) is 1.68. The second-order valence-corrected chi connectivity index (χ2v) is 5.57. The molecule has 0 aliphatic carbocycles. The standard InChI is InChI=1S/C12H15NO4S/c1-8-9(2-5-17-8)10(14)13-12(11(15)16)3-6-18-7-4-12/h2,5H,3-4,6-7H2,1H3,(H,13,14)(H,15,16). The van der Waals surface area contributed by atoms with Gasteiger partial charge in [0.05, 0.1) is 11.8 Å². The van der Waals surface area contributed by atoms with E-state index in [1.54, 1.807) is 24.8 Å². The number of furan rings is 1. The van der Waals surface area contributed by atoms with Gasteiger partial charge in [-0.2, -0.15) is 11.8 Å². The first kappa shape index (κ1) is 13.0. The van der Waals surface area contributed by atoms with Gasteiger partial charge in [0.15, 0.2) is 0 Å². The number of carbonyl (C=O) groups is 2. The van der Waals surface area contributed by atoms with Gasteiger partial charge in [0.25, 0.3) is 5.91 Å². The van der Waals surface area contributed by atoms with Crippen LogP contribution in [0.5, 0.6) is 0 Å². The van der Waals surface area contributed by atoms with Crippen LogP contribution in [0.1, 0.15) is 29.0 Å². The summed E-state index contributed by atoms with van der Waals surface area (Å²) in [5.74, 6) is 0.652. The summed E-state index contributed by atoms with van der Waals surface area (Å²) < 4.78 is 5.06. The van der Waals surface area contributed by atoms with Crippen molar-refractivity contribution in [2.24, 2.45) is 0 Å². The number of aliphatic carboxylic acids is 1. The Balaban J connectivity index is 2.17. The molecular formula is C12H15NO4S. The number of thioether (sulfide) groups is 1. The van der Waals surface area contributed by atoms with Crippen LogP contribution in [0.2, 0.25) is 0 Å². The van der Waals surface area contributed by atoms with Gasteiger partial charge < -0.3 is 14.8 Å². The number of carboxylic acids is 1. The van der Waals surface area contributed by atoms with E-state index in [0.717, 1.165) is 11.5 Å². The third kappa shape index (κ3) is 2.38. The lowest BCUT2D eigenvalue weighted by Crippen LogP contribution is -2.56. The average Bonchev–Trinajstić information content (AvgIpc) is 2.76. The van der Waals surface area contributed by atoms with E-state index >= 15 is 0 Å². The Kier molecular flexibility index (Phi) is 3.65. The van der Waals surface area contributed by atoms with Crippen LogP contribution in [0, 0.1) is 6.92 Å². The van der Waals surface area contributed by atoms with E-state index in [0.29, 0.717) is 24.2 Å². The highest BCUT2D eigenvalue weighted by Crippen LogP contribution is 2.28. The number of carbonyl (C=O) groups excluding carboxylic acids is 1. The minimum absolute atomic E-state index is 0.379. The van der Waals surface area contributed by atoms with Crippen molar-refractivity contribution in [2.75, 3.05) is 11.5 Å². The highest BCUT2D eigenvalue weighted by molar-refractivity contribution is 7.99. The lowest BCUT2D eigenvalue weighted by Gasteiger charge is -2.33. The lowest BCUT2D eigenvalue weighted by molar-refractivity contribution is -0.144. The van der Waals surface area contributed by atoms with Crippen molar-refractivity contribution in [3.8, 4) is 0 Å². The molecule has 98 valence electrons. The van der Waals surface area contributed by atoms with E-state index < -0.39 is 11.5 Å². The Labute approximate surface area is 109 Å². The van der Waals surface area contributed by atoms with Crippen LogP contribution >= 0.6 is 11.8 Å². The maximum Gasteiger partial charge on any atom is 0.329 e. The molecule has 2 N–H and O–H groups in total. The van der Waals surface area contributed by atoms with E-state index in [1.165, 1.54) is 6.26 Å². The van der Waals surface area contributed by atoms with Crippen LogP contribution in [0.3, 0.4) is 0 Å². The zero-order valence-corrected chi connectivity index (χ0v) is 10.9. The molecule has 1 amide bonds. The molecule has 1 fully saturated rings. The molecule has 0 bridgehead atoms. The maximum absolute atomic E-state index is 12.1. The van der Waals surface area contributed by atoms with Gasteiger partial charge in [-0.1, -0.05) is 0 Å². The third-order valence-corrected chi connectivity index (χ3v) is 4.20. The fraction of sp³-hybridized carbons (Fsp3) is 0.500. The number of rotatable bonds is 3. The predicted molar refractivity (Wildman–Crippen MR) is 67.8 cm³/mol. The Morgan fingerprint density at radius 3 is 2.61 bits per heavy atom. The zero-order valence-electron chi connectivity index (χ0n) is 10.1. The molecule has 1 aliphatic rings. The molecule has 5 nitrogen and oxygen atoms in total. The van der Waals surface area contributed by atoms with E-state index in [9.17, 15) is 14.7 Å². The molecule has 18 heavy (non-hydrogen) atoms. The van der Waals surface area contributed by atoms with Gasteiger partial charge in [0.1, 0.15) is 11.3 Å². The van der Waals surface area contributed by atoms with Crippen molar-refractivity contribution >= 4 is 23.6 Å². The molecule has 2 rings (SSSR count). The van der Waals surface area contributed by atoms with Gasteiger partial charge in [-0.05, 0) is 37.3 Å². The third-order valence-electron chi connectivity index (χ3n) is 3.21. The maximum atomic E-state index is 12.1.